The third-order valence-corrected chi connectivity index (χ3v) is 22.7. The van der Waals surface area contributed by atoms with E-state index in [1.165, 1.54) is 210 Å². The topological polar surface area (TPSA) is 0 Å². The Morgan fingerprint density at radius 2 is 0.323 bits per heavy atom. The van der Waals surface area contributed by atoms with E-state index in [2.05, 4.69) is 535 Å². The molecule has 0 aliphatic carbocycles. The highest BCUT2D eigenvalue weighted by Gasteiger charge is 2.11. The molecular formula is C124H118. The molecule has 0 heterocycles. The van der Waals surface area contributed by atoms with Crippen LogP contribution in [-0.2, 0) is 0 Å². The minimum atomic E-state index is 1.26. The van der Waals surface area contributed by atoms with Crippen molar-refractivity contribution in [1.82, 2.24) is 0 Å². The molecule has 0 aliphatic rings. The first-order valence-electron chi connectivity index (χ1n) is 43.4. The van der Waals surface area contributed by atoms with Crippen molar-refractivity contribution in [2.45, 2.75) is 111 Å². The van der Waals surface area contributed by atoms with Gasteiger partial charge in [-0.3, -0.25) is 0 Å². The van der Waals surface area contributed by atoms with Gasteiger partial charge in [0.1, 0.15) is 0 Å². The van der Waals surface area contributed by atoms with Crippen LogP contribution in [0.5, 0.6) is 0 Å². The summed E-state index contributed by atoms with van der Waals surface area (Å²) < 4.78 is 0. The van der Waals surface area contributed by atoms with E-state index in [4.69, 9.17) is 0 Å². The lowest BCUT2D eigenvalue weighted by Crippen LogP contribution is -1.89. The summed E-state index contributed by atoms with van der Waals surface area (Å²) in [7, 11) is 0. The van der Waals surface area contributed by atoms with Gasteiger partial charge >= 0.3 is 0 Å². The molecule has 0 radical (unpaired) electrons. The number of aryl methyl sites for hydroxylation is 16. The summed E-state index contributed by atoms with van der Waals surface area (Å²) >= 11 is 0. The Hall–Kier alpha value is -14.0. The van der Waals surface area contributed by atoms with Crippen LogP contribution in [0, 0.1) is 111 Å². The van der Waals surface area contributed by atoms with Crippen LogP contribution in [0.3, 0.4) is 0 Å². The second-order valence-electron chi connectivity index (χ2n) is 33.2. The number of rotatable bonds is 8. The van der Waals surface area contributed by atoms with Gasteiger partial charge in [-0.25, -0.2) is 0 Å². The first-order chi connectivity index (χ1) is 60.0. The van der Waals surface area contributed by atoms with Crippen LogP contribution in [0.2, 0.25) is 0 Å². The molecule has 124 heavy (non-hydrogen) atoms. The highest BCUT2D eigenvalue weighted by atomic mass is 14.2. The minimum Gasteiger partial charge on any atom is -0.0622 e. The molecule has 0 fully saturated rings. The Morgan fingerprint density at radius 3 is 0.653 bits per heavy atom. The third kappa shape index (κ3) is 25.5. The molecule has 19 rings (SSSR count). The maximum Gasteiger partial charge on any atom is -0.0103 e. The van der Waals surface area contributed by atoms with Crippen molar-refractivity contribution in [2.75, 3.05) is 0 Å². The molecule has 0 saturated heterocycles. The molecule has 19 aromatic carbocycles. The van der Waals surface area contributed by atoms with E-state index >= 15 is 0 Å². The van der Waals surface area contributed by atoms with Crippen LogP contribution >= 0.6 is 0 Å². The molecule has 0 bridgehead atoms. The van der Waals surface area contributed by atoms with Gasteiger partial charge in [0, 0.05) is 0 Å². The molecule has 0 aromatic heterocycles. The Labute approximate surface area is 740 Å². The van der Waals surface area contributed by atoms with Gasteiger partial charge in [0.15, 0.2) is 0 Å². The summed E-state index contributed by atoms with van der Waals surface area (Å²) in [6, 6.07) is 151. The van der Waals surface area contributed by atoms with Crippen LogP contribution in [0.4, 0.5) is 0 Å². The number of fused-ring (bicyclic) bond motifs is 3. The Balaban J connectivity index is 0.000000131. The van der Waals surface area contributed by atoms with Crippen LogP contribution in [0.25, 0.3) is 121 Å². The zero-order valence-electron chi connectivity index (χ0n) is 75.4. The van der Waals surface area contributed by atoms with Gasteiger partial charge < -0.3 is 0 Å². The van der Waals surface area contributed by atoms with Crippen molar-refractivity contribution in [1.29, 1.82) is 0 Å². The fourth-order valence-electron chi connectivity index (χ4n) is 15.1. The fourth-order valence-corrected chi connectivity index (χ4v) is 15.1. The molecule has 0 N–H and O–H groups in total. The number of benzene rings is 19. The van der Waals surface area contributed by atoms with Crippen molar-refractivity contribution in [2.24, 2.45) is 0 Å². The maximum atomic E-state index is 2.30. The second kappa shape index (κ2) is 44.0. The van der Waals surface area contributed by atoms with Gasteiger partial charge in [-0.05, 0) is 266 Å². The minimum absolute atomic E-state index is 1.26. The average molecular weight is 1610 g/mol. The number of hydrogen-bond donors (Lipinski definition) is 0. The lowest BCUT2D eigenvalue weighted by molar-refractivity contribution is 1.39. The molecule has 0 heteroatoms. The summed E-state index contributed by atoms with van der Waals surface area (Å²) in [5.74, 6) is 0. The van der Waals surface area contributed by atoms with E-state index in [0.29, 0.717) is 0 Å². The Morgan fingerprint density at radius 1 is 0.105 bits per heavy atom. The van der Waals surface area contributed by atoms with Gasteiger partial charge in [-0.15, -0.1) is 0 Å². The monoisotopic (exact) mass is 1610 g/mol. The lowest BCUT2D eigenvalue weighted by Gasteiger charge is -2.13. The first kappa shape index (κ1) is 89.2. The van der Waals surface area contributed by atoms with E-state index < -0.39 is 0 Å². The largest absolute Gasteiger partial charge is 0.0622 e. The molecule has 19 aromatic rings. The van der Waals surface area contributed by atoms with Gasteiger partial charge in [0.25, 0.3) is 0 Å². The zero-order chi connectivity index (χ0) is 87.4. The van der Waals surface area contributed by atoms with Crippen LogP contribution in [0.15, 0.2) is 425 Å². The summed E-state index contributed by atoms with van der Waals surface area (Å²) in [5, 5.41) is 8.09. The highest BCUT2D eigenvalue weighted by Crippen LogP contribution is 2.35. The van der Waals surface area contributed by atoms with Gasteiger partial charge in [0.2, 0.25) is 0 Å². The molecule has 0 atom stereocenters. The average Bonchev–Trinajstić information content (AvgIpc) is 0.829. The molecular weight excluding hydrogens is 1490 g/mol. The lowest BCUT2D eigenvalue weighted by atomic mass is 9.92. The molecule has 614 valence electrons. The van der Waals surface area contributed by atoms with Crippen molar-refractivity contribution in [3.8, 4) is 89.0 Å². The van der Waals surface area contributed by atoms with Crippen molar-refractivity contribution < 1.29 is 0 Å². The quantitative estimate of drug-likeness (QED) is 0.142. The van der Waals surface area contributed by atoms with Gasteiger partial charge in [0.05, 0.1) is 0 Å². The van der Waals surface area contributed by atoms with Crippen LogP contribution in [0.1, 0.15) is 89.0 Å². The van der Waals surface area contributed by atoms with Gasteiger partial charge in [-0.1, -0.05) is 480 Å². The number of hydrogen-bond acceptors (Lipinski definition) is 0. The van der Waals surface area contributed by atoms with E-state index in [1.54, 1.807) is 0 Å². The smallest absolute Gasteiger partial charge is 0.0103 e. The standard InChI is InChI=1S/3C20H18.C18H16.C14H14.2C12H12.C8H10/c1-15-3-7-17(8-4-15)19-11-13-20(14-12-19)18-9-5-16(2)6-10-18;1-15-9-11-17(12-10-15)19-7-4-8-20(14-19)18-6-3-5-16(2)13-18;1-15-13-20(18-11-7-4-8-12-18)16(2)14-19(15)17-9-5-3-6-10-17;1-13-7-10-15(11-8-13)17-12-9-14(2)16-5-3-4-6-18(16)17;1-11-3-7-13(8-4-11)14-9-5-12(2)6-10-14;1-9-3-5-12-8-10(2)4-6-11(12)7-9;1-9-7-8-10(2)12-6-4-3-5-11(9)12;1-7-3-5-8(2)6-4-7/h3*3-14H,1-2H3;3-12H,1-2H3;3-10H,1-2H3;2*3-8H,1-2H3;3-6H,1-2H3. The SMILES string of the molecule is Cc1cc(-c2ccccc2)c(C)cc1-c1ccccc1.Cc1ccc(-c2ccc(-c3ccc(C)cc3)cc2)cc1.Cc1ccc(-c2ccc(C)c3ccccc23)cc1.Cc1ccc(-c2ccc(C)cc2)cc1.Cc1ccc(-c2cccc(-c3cccc(C)c3)c2)cc1.Cc1ccc(C)c2ccccc12.Cc1ccc(C)cc1.Cc1ccc2cc(C)ccc2c1. The molecule has 0 nitrogen and oxygen atoms in total. The van der Waals surface area contributed by atoms with Crippen molar-refractivity contribution in [3.63, 3.8) is 0 Å². The molecule has 0 unspecified atom stereocenters. The third-order valence-electron chi connectivity index (χ3n) is 22.7. The predicted octanol–water partition coefficient (Wildman–Crippen LogP) is 35.2. The van der Waals surface area contributed by atoms with E-state index in [9.17, 15) is 0 Å². The Kier molecular flexibility index (Phi) is 31.6. The molecule has 0 amide bonds. The summed E-state index contributed by atoms with van der Waals surface area (Å²) in [6.07, 6.45) is 0. The predicted molar refractivity (Wildman–Crippen MR) is 543 cm³/mol. The van der Waals surface area contributed by atoms with Crippen LogP contribution in [-0.4, -0.2) is 0 Å². The normalized spacial score (nSPS) is 10.4. The first-order valence-corrected chi connectivity index (χ1v) is 43.4. The maximum absolute atomic E-state index is 2.30. The van der Waals surface area contributed by atoms with Crippen LogP contribution < -0.4 is 0 Å². The molecule has 0 saturated carbocycles. The molecule has 0 spiro atoms. The summed E-state index contributed by atoms with van der Waals surface area (Å²) in [6.45, 7) is 34.1. The zero-order valence-corrected chi connectivity index (χ0v) is 75.4. The highest BCUT2D eigenvalue weighted by molar-refractivity contribution is 5.98. The van der Waals surface area contributed by atoms with Gasteiger partial charge in [-0.2, -0.15) is 0 Å². The molecule has 0 aliphatic heterocycles. The van der Waals surface area contributed by atoms with Crippen molar-refractivity contribution in [3.05, 3.63) is 514 Å². The fraction of sp³-hybridized carbons (Fsp3) is 0.129. The Bertz CT molecular complexity index is 6310. The second-order valence-corrected chi connectivity index (χ2v) is 33.2. The summed E-state index contributed by atoms with van der Waals surface area (Å²) in [4.78, 5) is 0. The summed E-state index contributed by atoms with van der Waals surface area (Å²) in [5.41, 5.74) is 41.6. The van der Waals surface area contributed by atoms with Crippen molar-refractivity contribution >= 4 is 32.3 Å². The van der Waals surface area contributed by atoms with E-state index in [1.807, 2.05) is 0 Å². The van der Waals surface area contributed by atoms with E-state index in [0.717, 1.165) is 0 Å². The van der Waals surface area contributed by atoms with E-state index in [-0.39, 0.29) is 0 Å².